The van der Waals surface area contributed by atoms with Crippen molar-refractivity contribution in [3.63, 3.8) is 0 Å². The molecule has 124 valence electrons. The van der Waals surface area contributed by atoms with Crippen LogP contribution in [0.2, 0.25) is 0 Å². The van der Waals surface area contributed by atoms with Crippen LogP contribution in [0.15, 0.2) is 6.20 Å². The lowest BCUT2D eigenvalue weighted by Crippen LogP contribution is -2.49. The zero-order chi connectivity index (χ0) is 16.3. The number of aromatic amines is 1. The highest BCUT2D eigenvalue weighted by atomic mass is 16.3. The number of aliphatic hydroxyl groups excluding tert-OH is 1. The second-order valence-electron chi connectivity index (χ2n) is 7.32. The van der Waals surface area contributed by atoms with Gasteiger partial charge < -0.3 is 15.7 Å². The number of amides is 2. The molecule has 1 heterocycles. The Morgan fingerprint density at radius 2 is 2.27 bits per heavy atom. The molecule has 2 amide bonds. The minimum absolute atomic E-state index is 0.142. The highest BCUT2D eigenvalue weighted by molar-refractivity contribution is 5.74. The Balaban J connectivity index is 1.79. The van der Waals surface area contributed by atoms with Gasteiger partial charge in [0, 0.05) is 23.7 Å². The van der Waals surface area contributed by atoms with Gasteiger partial charge in [0.05, 0.1) is 12.3 Å². The van der Waals surface area contributed by atoms with Gasteiger partial charge in [-0.15, -0.1) is 0 Å². The lowest BCUT2D eigenvalue weighted by Gasteiger charge is -2.33. The van der Waals surface area contributed by atoms with Gasteiger partial charge in [-0.1, -0.05) is 27.7 Å². The van der Waals surface area contributed by atoms with Crippen molar-refractivity contribution in [1.29, 1.82) is 0 Å². The van der Waals surface area contributed by atoms with Crippen molar-refractivity contribution < 1.29 is 9.90 Å². The molecule has 2 unspecified atom stereocenters. The second kappa shape index (κ2) is 6.69. The van der Waals surface area contributed by atoms with E-state index in [1.807, 2.05) is 33.9 Å². The van der Waals surface area contributed by atoms with E-state index in [-0.39, 0.29) is 23.4 Å². The maximum atomic E-state index is 12.1. The number of fused-ring (bicyclic) bond motifs is 1. The van der Waals surface area contributed by atoms with E-state index >= 15 is 0 Å². The van der Waals surface area contributed by atoms with Gasteiger partial charge in [0.2, 0.25) is 0 Å². The first-order valence-corrected chi connectivity index (χ1v) is 8.03. The number of urea groups is 1. The molecular weight excluding hydrogens is 280 g/mol. The molecule has 0 bridgehead atoms. The summed E-state index contributed by atoms with van der Waals surface area (Å²) in [6, 6.07) is -0.0239. The number of H-pyrrole nitrogens is 1. The number of hydrogen-bond acceptors (Lipinski definition) is 3. The number of nitrogens with one attached hydrogen (secondary N) is 3. The number of rotatable bonds is 5. The van der Waals surface area contributed by atoms with Gasteiger partial charge >= 0.3 is 6.03 Å². The van der Waals surface area contributed by atoms with Crippen molar-refractivity contribution in [3.8, 4) is 0 Å². The molecule has 1 aliphatic rings. The van der Waals surface area contributed by atoms with Crippen molar-refractivity contribution in [2.75, 3.05) is 6.54 Å². The standard InChI is InChI=1S/C16H28N4O2/c1-10(2)14(21)16(3,4)9-17-15(22)19-12-5-6-13-11(7-12)8-18-20-13/h8,10,12,14,21H,5-7,9H2,1-4H3,(H,18,20)(H2,17,19,22). The highest BCUT2D eigenvalue weighted by Crippen LogP contribution is 2.25. The van der Waals surface area contributed by atoms with Crippen LogP contribution in [-0.2, 0) is 12.8 Å². The van der Waals surface area contributed by atoms with Crippen LogP contribution >= 0.6 is 0 Å². The summed E-state index contributed by atoms with van der Waals surface area (Å²) in [5, 5.41) is 23.1. The van der Waals surface area contributed by atoms with E-state index in [4.69, 9.17) is 0 Å². The van der Waals surface area contributed by atoms with E-state index in [1.54, 1.807) is 0 Å². The molecule has 0 fully saturated rings. The van der Waals surface area contributed by atoms with Gasteiger partial charge in [-0.3, -0.25) is 5.10 Å². The Hall–Kier alpha value is -1.56. The van der Waals surface area contributed by atoms with Crippen LogP contribution in [0, 0.1) is 11.3 Å². The predicted octanol–water partition coefficient (Wildman–Crippen LogP) is 1.61. The number of aliphatic hydroxyl groups is 1. The van der Waals surface area contributed by atoms with E-state index < -0.39 is 6.10 Å². The molecule has 2 atom stereocenters. The van der Waals surface area contributed by atoms with Crippen molar-refractivity contribution in [2.24, 2.45) is 11.3 Å². The largest absolute Gasteiger partial charge is 0.392 e. The summed E-state index contributed by atoms with van der Waals surface area (Å²) in [5.41, 5.74) is 2.02. The topological polar surface area (TPSA) is 90.0 Å². The number of aryl methyl sites for hydroxylation is 1. The molecule has 4 N–H and O–H groups in total. The molecule has 0 saturated carbocycles. The Morgan fingerprint density at radius 1 is 1.55 bits per heavy atom. The van der Waals surface area contributed by atoms with Crippen LogP contribution in [-0.4, -0.2) is 40.0 Å². The number of aromatic nitrogens is 2. The lowest BCUT2D eigenvalue weighted by atomic mass is 9.81. The van der Waals surface area contributed by atoms with Gasteiger partial charge in [0.25, 0.3) is 0 Å². The third-order valence-electron chi connectivity index (χ3n) is 4.49. The Morgan fingerprint density at radius 3 is 2.95 bits per heavy atom. The summed E-state index contributed by atoms with van der Waals surface area (Å²) in [6.07, 6.45) is 4.04. The predicted molar refractivity (Wildman–Crippen MR) is 85.6 cm³/mol. The molecule has 0 radical (unpaired) electrons. The molecule has 1 aromatic rings. The van der Waals surface area contributed by atoms with Crippen molar-refractivity contribution in [2.45, 2.75) is 59.1 Å². The van der Waals surface area contributed by atoms with Crippen molar-refractivity contribution in [1.82, 2.24) is 20.8 Å². The Bertz CT molecular complexity index is 510. The fraction of sp³-hybridized carbons (Fsp3) is 0.750. The van der Waals surface area contributed by atoms with Gasteiger partial charge in [-0.05, 0) is 30.7 Å². The maximum absolute atomic E-state index is 12.1. The zero-order valence-electron chi connectivity index (χ0n) is 13.9. The van der Waals surface area contributed by atoms with E-state index in [0.29, 0.717) is 6.54 Å². The smallest absolute Gasteiger partial charge is 0.315 e. The number of nitrogens with zero attached hydrogens (tertiary/aromatic N) is 1. The maximum Gasteiger partial charge on any atom is 0.315 e. The van der Waals surface area contributed by atoms with Crippen LogP contribution in [0.5, 0.6) is 0 Å². The molecule has 2 rings (SSSR count). The fourth-order valence-corrected chi connectivity index (χ4v) is 3.09. The molecule has 22 heavy (non-hydrogen) atoms. The monoisotopic (exact) mass is 308 g/mol. The average Bonchev–Trinajstić information content (AvgIpc) is 2.92. The Labute approximate surface area is 132 Å². The summed E-state index contributed by atoms with van der Waals surface area (Å²) in [4.78, 5) is 12.1. The number of carbonyl (C=O) groups excluding carboxylic acids is 1. The molecule has 6 nitrogen and oxygen atoms in total. The summed E-state index contributed by atoms with van der Waals surface area (Å²) in [5.74, 6) is 0.165. The summed E-state index contributed by atoms with van der Waals surface area (Å²) < 4.78 is 0. The fourth-order valence-electron chi connectivity index (χ4n) is 3.09. The molecule has 0 saturated heterocycles. The summed E-state index contributed by atoms with van der Waals surface area (Å²) in [6.45, 7) is 8.35. The van der Waals surface area contributed by atoms with Crippen LogP contribution in [0.1, 0.15) is 45.4 Å². The van der Waals surface area contributed by atoms with Crippen LogP contribution in [0.3, 0.4) is 0 Å². The molecule has 1 aromatic heterocycles. The quantitative estimate of drug-likeness (QED) is 0.666. The molecule has 0 spiro atoms. The Kier molecular flexibility index (Phi) is 5.11. The molecule has 0 aliphatic heterocycles. The molecular formula is C16H28N4O2. The van der Waals surface area contributed by atoms with Gasteiger partial charge in [-0.2, -0.15) is 5.10 Å². The van der Waals surface area contributed by atoms with Crippen molar-refractivity contribution in [3.05, 3.63) is 17.5 Å². The third-order valence-corrected chi connectivity index (χ3v) is 4.49. The van der Waals surface area contributed by atoms with Gasteiger partial charge in [-0.25, -0.2) is 4.79 Å². The van der Waals surface area contributed by atoms with E-state index in [2.05, 4.69) is 20.8 Å². The zero-order valence-corrected chi connectivity index (χ0v) is 13.9. The SMILES string of the molecule is CC(C)C(O)C(C)(C)CNC(=O)NC1CCc2[nH]ncc2C1. The average molecular weight is 308 g/mol. The van der Waals surface area contributed by atoms with Crippen LogP contribution in [0.4, 0.5) is 4.79 Å². The van der Waals surface area contributed by atoms with E-state index in [0.717, 1.165) is 19.3 Å². The van der Waals surface area contributed by atoms with Crippen LogP contribution in [0.25, 0.3) is 0 Å². The molecule has 6 heteroatoms. The summed E-state index contributed by atoms with van der Waals surface area (Å²) >= 11 is 0. The minimum atomic E-state index is -0.448. The second-order valence-corrected chi connectivity index (χ2v) is 7.32. The van der Waals surface area contributed by atoms with Gasteiger partial charge in [0.1, 0.15) is 0 Å². The molecule has 1 aliphatic carbocycles. The first-order valence-electron chi connectivity index (χ1n) is 8.03. The van der Waals surface area contributed by atoms with E-state index in [9.17, 15) is 9.90 Å². The number of hydrogen-bond donors (Lipinski definition) is 4. The highest BCUT2D eigenvalue weighted by Gasteiger charge is 2.31. The third kappa shape index (κ3) is 4.00. The first-order chi connectivity index (χ1) is 10.3. The van der Waals surface area contributed by atoms with Crippen molar-refractivity contribution >= 4 is 6.03 Å². The lowest BCUT2D eigenvalue weighted by molar-refractivity contribution is 0.0151. The first kappa shape index (κ1) is 16.8. The number of carbonyl (C=O) groups is 1. The van der Waals surface area contributed by atoms with Crippen LogP contribution < -0.4 is 10.6 Å². The normalized spacial score (nSPS) is 19.6. The van der Waals surface area contributed by atoms with Gasteiger partial charge in [0.15, 0.2) is 0 Å². The minimum Gasteiger partial charge on any atom is -0.392 e. The van der Waals surface area contributed by atoms with E-state index in [1.165, 1.54) is 11.3 Å². The summed E-state index contributed by atoms with van der Waals surface area (Å²) in [7, 11) is 0. The molecule has 0 aromatic carbocycles.